The van der Waals surface area contributed by atoms with Crippen LogP contribution in [-0.4, -0.2) is 52.0 Å². The van der Waals surface area contributed by atoms with Gasteiger partial charge >= 0.3 is 0 Å². The third-order valence-electron chi connectivity index (χ3n) is 4.99. The third kappa shape index (κ3) is 3.95. The van der Waals surface area contributed by atoms with Gasteiger partial charge in [0.25, 0.3) is 0 Å². The number of fused-ring (bicyclic) bond motifs is 1. The number of anilines is 1. The van der Waals surface area contributed by atoms with Crippen molar-refractivity contribution in [2.75, 3.05) is 5.32 Å². The smallest absolute Gasteiger partial charge is 0.164 e. The number of rotatable bonds is 6. The van der Waals surface area contributed by atoms with Crippen LogP contribution in [0.1, 0.15) is 39.3 Å². The molecule has 4 aromatic rings. The maximum Gasteiger partial charge on any atom is 0.164 e. The maximum atomic E-state index is 9.84. The van der Waals surface area contributed by atoms with Crippen molar-refractivity contribution in [3.63, 3.8) is 0 Å². The van der Waals surface area contributed by atoms with Gasteiger partial charge in [0.2, 0.25) is 0 Å². The minimum Gasteiger partial charge on any atom is -0.391 e. The Morgan fingerprint density at radius 1 is 1.10 bits per heavy atom. The fourth-order valence-corrected chi connectivity index (χ4v) is 3.16. The molecule has 0 aromatic carbocycles. The molecule has 0 spiro atoms. The summed E-state index contributed by atoms with van der Waals surface area (Å²) in [6.07, 6.45) is 6.15. The van der Waals surface area contributed by atoms with Gasteiger partial charge in [0.1, 0.15) is 11.8 Å². The summed E-state index contributed by atoms with van der Waals surface area (Å²) >= 11 is 0. The normalized spacial score (nSPS) is 13.3. The summed E-state index contributed by atoms with van der Waals surface area (Å²) in [5, 5.41) is 36.0. The lowest BCUT2D eigenvalue weighted by Crippen LogP contribution is -2.18. The van der Waals surface area contributed by atoms with Gasteiger partial charge in [-0.25, -0.2) is 14.6 Å². The average molecular weight is 417 g/mol. The van der Waals surface area contributed by atoms with Crippen molar-refractivity contribution in [2.24, 2.45) is 0 Å². The van der Waals surface area contributed by atoms with E-state index in [1.807, 2.05) is 26.8 Å². The van der Waals surface area contributed by atoms with Gasteiger partial charge in [-0.1, -0.05) is 5.21 Å². The number of nitriles is 1. The van der Waals surface area contributed by atoms with E-state index >= 15 is 0 Å². The molecule has 10 heteroatoms. The number of hydrogen-bond donors (Lipinski definition) is 2. The van der Waals surface area contributed by atoms with Gasteiger partial charge in [-0.3, -0.25) is 0 Å². The Kier molecular flexibility index (Phi) is 5.35. The summed E-state index contributed by atoms with van der Waals surface area (Å²) in [6, 6.07) is 5.69. The quantitative estimate of drug-likeness (QED) is 0.490. The molecule has 0 radical (unpaired) electrons. The molecule has 2 N–H and O–H groups in total. The molecule has 158 valence electrons. The van der Waals surface area contributed by atoms with Crippen molar-refractivity contribution in [1.29, 1.82) is 5.26 Å². The summed E-state index contributed by atoms with van der Waals surface area (Å²) in [6.45, 7) is 7.69. The third-order valence-corrected chi connectivity index (χ3v) is 4.99. The lowest BCUT2D eigenvalue weighted by atomic mass is 10.1. The van der Waals surface area contributed by atoms with Crippen molar-refractivity contribution in [3.05, 3.63) is 42.5 Å². The van der Waals surface area contributed by atoms with E-state index in [4.69, 9.17) is 5.26 Å². The van der Waals surface area contributed by atoms with Crippen LogP contribution in [0.25, 0.3) is 28.1 Å². The van der Waals surface area contributed by atoms with Crippen molar-refractivity contribution < 1.29 is 5.11 Å². The number of pyridine rings is 2. The van der Waals surface area contributed by atoms with Gasteiger partial charge in [0.05, 0.1) is 30.1 Å². The monoisotopic (exact) mass is 417 g/mol. The second-order valence-electron chi connectivity index (χ2n) is 7.76. The highest BCUT2D eigenvalue weighted by molar-refractivity contribution is 5.79. The van der Waals surface area contributed by atoms with Crippen LogP contribution in [0.15, 0.2) is 36.9 Å². The standard InChI is InChI=1S/C21H23N9O/c1-12(2)26-18-6-20(30-21-16(9-25-30)5-15(7-22)8-24-21)23-10-17(18)19-11-29(28-27-19)13(3)14(4)31/h5-6,8-14,31H,1-4H3,(H,23,26)/t13-,14-/m0/s1. The van der Waals surface area contributed by atoms with Crippen LogP contribution in [0.2, 0.25) is 0 Å². The zero-order valence-corrected chi connectivity index (χ0v) is 17.7. The lowest BCUT2D eigenvalue weighted by Gasteiger charge is -2.15. The van der Waals surface area contributed by atoms with E-state index in [1.54, 1.807) is 40.9 Å². The van der Waals surface area contributed by atoms with Gasteiger partial charge in [-0.15, -0.1) is 5.10 Å². The SMILES string of the molecule is CC(C)Nc1cc(-n2ncc3cc(C#N)cnc32)ncc1-c1cn([C@@H](C)[C@H](C)O)nn1. The summed E-state index contributed by atoms with van der Waals surface area (Å²) in [5.41, 5.74) is 3.36. The van der Waals surface area contributed by atoms with Crippen LogP contribution in [-0.2, 0) is 0 Å². The second-order valence-corrected chi connectivity index (χ2v) is 7.76. The Morgan fingerprint density at radius 2 is 1.90 bits per heavy atom. The molecule has 0 unspecified atom stereocenters. The van der Waals surface area contributed by atoms with Gasteiger partial charge in [-0.05, 0) is 33.8 Å². The molecule has 0 saturated heterocycles. The topological polar surface area (TPSA) is 130 Å². The molecule has 0 saturated carbocycles. The van der Waals surface area contributed by atoms with Crippen LogP contribution < -0.4 is 5.32 Å². The summed E-state index contributed by atoms with van der Waals surface area (Å²) in [5.74, 6) is 0.587. The molecule has 4 rings (SSSR count). The molecule has 0 aliphatic heterocycles. The molecule has 0 bridgehead atoms. The number of hydrogen-bond acceptors (Lipinski definition) is 8. The highest BCUT2D eigenvalue weighted by atomic mass is 16.3. The Labute approximate surface area is 179 Å². The first-order valence-electron chi connectivity index (χ1n) is 9.98. The largest absolute Gasteiger partial charge is 0.391 e. The van der Waals surface area contributed by atoms with E-state index in [-0.39, 0.29) is 12.1 Å². The van der Waals surface area contributed by atoms with Gasteiger partial charge < -0.3 is 10.4 Å². The minimum atomic E-state index is -0.551. The first kappa shape index (κ1) is 20.4. The molecule has 0 fully saturated rings. The van der Waals surface area contributed by atoms with Gasteiger partial charge in [-0.2, -0.15) is 15.0 Å². The van der Waals surface area contributed by atoms with E-state index < -0.39 is 6.10 Å². The molecule has 0 aliphatic rings. The average Bonchev–Trinajstić information content (AvgIpc) is 3.39. The zero-order chi connectivity index (χ0) is 22.1. The fourth-order valence-electron chi connectivity index (χ4n) is 3.16. The van der Waals surface area contributed by atoms with Crippen LogP contribution in [0.3, 0.4) is 0 Å². The number of nitrogens with one attached hydrogen (secondary N) is 1. The van der Waals surface area contributed by atoms with Crippen LogP contribution >= 0.6 is 0 Å². The van der Waals surface area contributed by atoms with Crippen LogP contribution in [0, 0.1) is 11.3 Å². The van der Waals surface area contributed by atoms with Crippen LogP contribution in [0.5, 0.6) is 0 Å². The van der Waals surface area contributed by atoms with Gasteiger partial charge in [0.15, 0.2) is 11.5 Å². The molecule has 31 heavy (non-hydrogen) atoms. The Bertz CT molecular complexity index is 1270. The van der Waals surface area contributed by atoms with E-state index in [0.29, 0.717) is 22.7 Å². The Balaban J connectivity index is 1.77. The molecule has 0 amide bonds. The Hall–Kier alpha value is -3.84. The molecular formula is C21H23N9O. The molecule has 2 atom stereocenters. The first-order valence-corrected chi connectivity index (χ1v) is 9.98. The minimum absolute atomic E-state index is 0.172. The van der Waals surface area contributed by atoms with Crippen molar-refractivity contribution >= 4 is 16.7 Å². The van der Waals surface area contributed by atoms with Crippen molar-refractivity contribution in [1.82, 2.24) is 34.7 Å². The number of aliphatic hydroxyl groups is 1. The molecule has 10 nitrogen and oxygen atoms in total. The number of aliphatic hydroxyl groups excluding tert-OH is 1. The zero-order valence-electron chi connectivity index (χ0n) is 17.7. The molecule has 4 aromatic heterocycles. The predicted octanol–water partition coefficient (Wildman–Crippen LogP) is 2.71. The van der Waals surface area contributed by atoms with E-state index in [0.717, 1.165) is 16.6 Å². The fraction of sp³-hybridized carbons (Fsp3) is 0.333. The second kappa shape index (κ2) is 8.12. The molecule has 0 aliphatic carbocycles. The lowest BCUT2D eigenvalue weighted by molar-refractivity contribution is 0.131. The molecular weight excluding hydrogens is 394 g/mol. The highest BCUT2D eigenvalue weighted by Crippen LogP contribution is 2.29. The summed E-state index contributed by atoms with van der Waals surface area (Å²) < 4.78 is 3.28. The Morgan fingerprint density at radius 3 is 2.61 bits per heavy atom. The maximum absolute atomic E-state index is 9.84. The van der Waals surface area contributed by atoms with Gasteiger partial charge in [0, 0.05) is 41.1 Å². The number of nitrogens with zero attached hydrogens (tertiary/aromatic N) is 8. The first-order chi connectivity index (χ1) is 14.9. The van der Waals surface area contributed by atoms with Crippen LogP contribution in [0.4, 0.5) is 5.69 Å². The number of aromatic nitrogens is 7. The van der Waals surface area contributed by atoms with E-state index in [9.17, 15) is 5.11 Å². The molecule has 4 heterocycles. The van der Waals surface area contributed by atoms with Crippen molar-refractivity contribution in [3.8, 4) is 23.1 Å². The van der Waals surface area contributed by atoms with E-state index in [1.165, 1.54) is 6.20 Å². The summed E-state index contributed by atoms with van der Waals surface area (Å²) in [7, 11) is 0. The summed E-state index contributed by atoms with van der Waals surface area (Å²) in [4.78, 5) is 8.94. The highest BCUT2D eigenvalue weighted by Gasteiger charge is 2.18. The van der Waals surface area contributed by atoms with Crippen molar-refractivity contribution in [2.45, 2.75) is 45.9 Å². The predicted molar refractivity (Wildman–Crippen MR) is 116 cm³/mol. The van der Waals surface area contributed by atoms with E-state index in [2.05, 4.69) is 36.8 Å².